The summed E-state index contributed by atoms with van der Waals surface area (Å²) in [7, 11) is 0. The molecule has 2 N–H and O–H groups in total. The molecule has 0 aliphatic carbocycles. The SMILES string of the molecule is Cc1nc(NCC(O)c2ccc(Cl)cc2)c2ccccc2c1Br. The van der Waals surface area contributed by atoms with Crippen LogP contribution in [0.4, 0.5) is 5.82 Å². The minimum absolute atomic E-state index is 0.375. The fourth-order valence-corrected chi connectivity index (χ4v) is 3.04. The summed E-state index contributed by atoms with van der Waals surface area (Å²) in [6.45, 7) is 2.33. The number of rotatable bonds is 4. The van der Waals surface area contributed by atoms with Crippen LogP contribution >= 0.6 is 27.5 Å². The van der Waals surface area contributed by atoms with Crippen LogP contribution in [0.2, 0.25) is 5.02 Å². The maximum atomic E-state index is 10.3. The zero-order valence-corrected chi connectivity index (χ0v) is 14.9. The minimum Gasteiger partial charge on any atom is -0.387 e. The molecule has 0 aliphatic heterocycles. The third-order valence-corrected chi connectivity index (χ3v) is 4.99. The highest BCUT2D eigenvalue weighted by Gasteiger charge is 2.12. The molecule has 0 radical (unpaired) electrons. The predicted molar refractivity (Wildman–Crippen MR) is 99.1 cm³/mol. The molecule has 3 rings (SSSR count). The number of nitrogens with zero attached hydrogens (tertiary/aromatic N) is 1. The lowest BCUT2D eigenvalue weighted by Gasteiger charge is -2.15. The topological polar surface area (TPSA) is 45.2 Å². The number of fused-ring (bicyclic) bond motifs is 1. The summed E-state index contributed by atoms with van der Waals surface area (Å²) in [5.74, 6) is 0.773. The summed E-state index contributed by atoms with van der Waals surface area (Å²) in [6.07, 6.45) is -0.628. The van der Waals surface area contributed by atoms with Crippen molar-refractivity contribution in [2.45, 2.75) is 13.0 Å². The van der Waals surface area contributed by atoms with Crippen molar-refractivity contribution in [2.24, 2.45) is 0 Å². The average molecular weight is 392 g/mol. The summed E-state index contributed by atoms with van der Waals surface area (Å²) in [6, 6.07) is 15.2. The summed E-state index contributed by atoms with van der Waals surface area (Å²) in [5.41, 5.74) is 1.73. The van der Waals surface area contributed by atoms with Gasteiger partial charge in [-0.2, -0.15) is 0 Å². The second-order valence-electron chi connectivity index (χ2n) is 5.35. The monoisotopic (exact) mass is 390 g/mol. The molecule has 3 aromatic rings. The molecule has 0 saturated heterocycles. The predicted octanol–water partition coefficient (Wildman–Crippen LogP) is 5.10. The first kappa shape index (κ1) is 16.2. The van der Waals surface area contributed by atoms with Gasteiger partial charge in [0.2, 0.25) is 0 Å². The molecule has 1 unspecified atom stereocenters. The van der Waals surface area contributed by atoms with E-state index in [4.69, 9.17) is 11.6 Å². The number of aliphatic hydroxyl groups excluding tert-OH is 1. The van der Waals surface area contributed by atoms with Crippen molar-refractivity contribution in [3.05, 3.63) is 69.3 Å². The van der Waals surface area contributed by atoms with Gasteiger partial charge in [-0.3, -0.25) is 0 Å². The summed E-state index contributed by atoms with van der Waals surface area (Å²) >= 11 is 9.46. The second kappa shape index (κ2) is 6.87. The molecule has 1 aromatic heterocycles. The summed E-state index contributed by atoms with van der Waals surface area (Å²) in [4.78, 5) is 4.59. The number of aryl methyl sites for hydroxylation is 1. The van der Waals surface area contributed by atoms with Gasteiger partial charge in [-0.05, 0) is 40.5 Å². The van der Waals surface area contributed by atoms with Crippen LogP contribution in [-0.4, -0.2) is 16.6 Å². The molecular weight excluding hydrogens is 376 g/mol. The number of halogens is 2. The van der Waals surface area contributed by atoms with E-state index in [2.05, 4.69) is 32.3 Å². The van der Waals surface area contributed by atoms with E-state index in [0.29, 0.717) is 11.6 Å². The van der Waals surface area contributed by atoms with Gasteiger partial charge in [-0.25, -0.2) is 4.98 Å². The normalized spacial score (nSPS) is 12.3. The Hall–Kier alpha value is -1.62. The van der Waals surface area contributed by atoms with E-state index in [1.807, 2.05) is 37.3 Å². The largest absolute Gasteiger partial charge is 0.387 e. The van der Waals surface area contributed by atoms with E-state index in [0.717, 1.165) is 32.3 Å². The van der Waals surface area contributed by atoms with E-state index in [1.54, 1.807) is 12.1 Å². The fraction of sp³-hybridized carbons (Fsp3) is 0.167. The van der Waals surface area contributed by atoms with Gasteiger partial charge in [-0.15, -0.1) is 0 Å². The molecule has 0 saturated carbocycles. The van der Waals surface area contributed by atoms with Crippen molar-refractivity contribution in [3.63, 3.8) is 0 Å². The lowest BCUT2D eigenvalue weighted by atomic mass is 10.1. The number of aliphatic hydroxyl groups is 1. The third kappa shape index (κ3) is 3.50. The Kier molecular flexibility index (Phi) is 4.85. The molecule has 0 fully saturated rings. The van der Waals surface area contributed by atoms with Crippen molar-refractivity contribution < 1.29 is 5.11 Å². The van der Waals surface area contributed by atoms with Gasteiger partial charge in [0.05, 0.1) is 11.8 Å². The number of hydrogen-bond donors (Lipinski definition) is 2. The number of pyridine rings is 1. The number of hydrogen-bond acceptors (Lipinski definition) is 3. The van der Waals surface area contributed by atoms with Crippen LogP contribution in [-0.2, 0) is 0 Å². The van der Waals surface area contributed by atoms with Crippen LogP contribution in [0.15, 0.2) is 53.0 Å². The molecule has 0 bridgehead atoms. The Bertz CT molecular complexity index is 836. The molecule has 3 nitrogen and oxygen atoms in total. The first-order valence-corrected chi connectivity index (χ1v) is 8.45. The van der Waals surface area contributed by atoms with Gasteiger partial charge in [-0.1, -0.05) is 48.0 Å². The Balaban J connectivity index is 1.84. The first-order chi connectivity index (χ1) is 11.1. The van der Waals surface area contributed by atoms with Crippen LogP contribution < -0.4 is 5.32 Å². The van der Waals surface area contributed by atoms with Gasteiger partial charge in [0.25, 0.3) is 0 Å². The quantitative estimate of drug-likeness (QED) is 0.650. The van der Waals surface area contributed by atoms with E-state index in [9.17, 15) is 5.11 Å². The molecule has 23 heavy (non-hydrogen) atoms. The summed E-state index contributed by atoms with van der Waals surface area (Å²) < 4.78 is 0.997. The van der Waals surface area contributed by atoms with E-state index in [-0.39, 0.29) is 0 Å². The Morgan fingerprint density at radius 2 is 1.78 bits per heavy atom. The Morgan fingerprint density at radius 1 is 1.13 bits per heavy atom. The second-order valence-corrected chi connectivity index (χ2v) is 6.58. The van der Waals surface area contributed by atoms with Gasteiger partial charge >= 0.3 is 0 Å². The molecule has 0 spiro atoms. The highest BCUT2D eigenvalue weighted by atomic mass is 79.9. The number of aromatic nitrogens is 1. The number of anilines is 1. The first-order valence-electron chi connectivity index (χ1n) is 7.28. The van der Waals surface area contributed by atoms with E-state index in [1.165, 1.54) is 0 Å². The zero-order chi connectivity index (χ0) is 16.4. The van der Waals surface area contributed by atoms with Crippen LogP contribution in [0.5, 0.6) is 0 Å². The minimum atomic E-state index is -0.628. The van der Waals surface area contributed by atoms with Gasteiger partial charge < -0.3 is 10.4 Å². The molecule has 118 valence electrons. The Morgan fingerprint density at radius 3 is 2.48 bits per heavy atom. The molecular formula is C18H16BrClN2O. The van der Waals surface area contributed by atoms with Crippen molar-refractivity contribution >= 4 is 44.1 Å². The smallest absolute Gasteiger partial charge is 0.134 e. The van der Waals surface area contributed by atoms with E-state index < -0.39 is 6.10 Å². The maximum Gasteiger partial charge on any atom is 0.134 e. The highest BCUT2D eigenvalue weighted by molar-refractivity contribution is 9.10. The van der Waals surface area contributed by atoms with Crippen LogP contribution in [0, 0.1) is 6.92 Å². The lowest BCUT2D eigenvalue weighted by Crippen LogP contribution is -2.13. The molecule has 1 heterocycles. The molecule has 1 atom stereocenters. The Labute approximate surface area is 148 Å². The summed E-state index contributed by atoms with van der Waals surface area (Å²) in [5, 5.41) is 16.4. The standard InChI is InChI=1S/C18H16BrClN2O/c1-11-17(19)14-4-2-3-5-15(14)18(22-11)21-10-16(23)12-6-8-13(20)9-7-12/h2-9,16,23H,10H2,1H3,(H,21,22). The van der Waals surface area contributed by atoms with Crippen LogP contribution in [0.25, 0.3) is 10.8 Å². The van der Waals surface area contributed by atoms with Crippen molar-refractivity contribution in [1.82, 2.24) is 4.98 Å². The van der Waals surface area contributed by atoms with Gasteiger partial charge in [0, 0.05) is 26.8 Å². The molecule has 0 amide bonds. The molecule has 2 aromatic carbocycles. The number of nitrogens with one attached hydrogen (secondary N) is 1. The van der Waals surface area contributed by atoms with E-state index >= 15 is 0 Å². The lowest BCUT2D eigenvalue weighted by molar-refractivity contribution is 0.191. The average Bonchev–Trinajstić information content (AvgIpc) is 2.57. The molecule has 0 aliphatic rings. The molecule has 5 heteroatoms. The third-order valence-electron chi connectivity index (χ3n) is 3.73. The maximum absolute atomic E-state index is 10.3. The zero-order valence-electron chi connectivity index (χ0n) is 12.6. The van der Waals surface area contributed by atoms with Crippen molar-refractivity contribution in [3.8, 4) is 0 Å². The van der Waals surface area contributed by atoms with Crippen molar-refractivity contribution in [2.75, 3.05) is 11.9 Å². The van der Waals surface area contributed by atoms with Crippen molar-refractivity contribution in [1.29, 1.82) is 0 Å². The van der Waals surface area contributed by atoms with Gasteiger partial charge in [0.15, 0.2) is 0 Å². The van der Waals surface area contributed by atoms with Gasteiger partial charge in [0.1, 0.15) is 5.82 Å². The van der Waals surface area contributed by atoms with Crippen LogP contribution in [0.1, 0.15) is 17.4 Å². The highest BCUT2D eigenvalue weighted by Crippen LogP contribution is 2.31. The van der Waals surface area contributed by atoms with Crippen LogP contribution in [0.3, 0.4) is 0 Å². The fourth-order valence-electron chi connectivity index (χ4n) is 2.48. The number of benzene rings is 2.